The molecule has 18 heavy (non-hydrogen) atoms. The highest BCUT2D eigenvalue weighted by molar-refractivity contribution is 7.91. The van der Waals surface area contributed by atoms with E-state index in [-0.39, 0.29) is 16.2 Å². The molecule has 1 aromatic carbocycles. The van der Waals surface area contributed by atoms with Gasteiger partial charge in [-0.3, -0.25) is 0 Å². The number of nitriles is 1. The van der Waals surface area contributed by atoms with Crippen molar-refractivity contribution in [2.75, 3.05) is 19.5 Å². The minimum Gasteiger partial charge on any atom is -0.385 e. The molecule has 0 saturated carbocycles. The maximum Gasteiger partial charge on any atom is 0.179 e. The molecular formula is C13H17NO3S. The maximum absolute atomic E-state index is 12.1. The van der Waals surface area contributed by atoms with E-state index in [1.165, 1.54) is 12.1 Å². The van der Waals surface area contributed by atoms with Gasteiger partial charge in [0.05, 0.1) is 16.2 Å². The topological polar surface area (TPSA) is 67.2 Å². The van der Waals surface area contributed by atoms with Gasteiger partial charge in [-0.05, 0) is 25.0 Å². The molecule has 0 aliphatic heterocycles. The average molecular weight is 267 g/mol. The Kier molecular flexibility index (Phi) is 5.83. The number of benzene rings is 1. The molecule has 4 nitrogen and oxygen atoms in total. The summed E-state index contributed by atoms with van der Waals surface area (Å²) in [5.41, 5.74) is 0.217. The highest BCUT2D eigenvalue weighted by Crippen LogP contribution is 2.17. The van der Waals surface area contributed by atoms with Gasteiger partial charge in [-0.2, -0.15) is 5.26 Å². The van der Waals surface area contributed by atoms with Crippen LogP contribution in [0.3, 0.4) is 0 Å². The third-order valence-electron chi connectivity index (χ3n) is 2.60. The lowest BCUT2D eigenvalue weighted by Gasteiger charge is -2.06. The van der Waals surface area contributed by atoms with Gasteiger partial charge in [0.15, 0.2) is 9.84 Å². The highest BCUT2D eigenvalue weighted by atomic mass is 32.2. The van der Waals surface area contributed by atoms with Gasteiger partial charge in [-0.25, -0.2) is 8.42 Å². The van der Waals surface area contributed by atoms with Gasteiger partial charge in [0.2, 0.25) is 0 Å². The number of unbranched alkanes of at least 4 members (excludes halogenated alkanes) is 2. The van der Waals surface area contributed by atoms with Crippen LogP contribution in [0.1, 0.15) is 24.8 Å². The number of hydrogen-bond acceptors (Lipinski definition) is 4. The van der Waals surface area contributed by atoms with E-state index in [2.05, 4.69) is 0 Å². The summed E-state index contributed by atoms with van der Waals surface area (Å²) >= 11 is 0. The summed E-state index contributed by atoms with van der Waals surface area (Å²) in [7, 11) is -1.73. The molecule has 98 valence electrons. The Balaban J connectivity index is 2.67. The molecule has 0 amide bonds. The molecule has 0 heterocycles. The van der Waals surface area contributed by atoms with Crippen LogP contribution in [-0.2, 0) is 14.6 Å². The predicted molar refractivity (Wildman–Crippen MR) is 68.9 cm³/mol. The Morgan fingerprint density at radius 2 is 1.94 bits per heavy atom. The molecule has 0 spiro atoms. The molecule has 0 aliphatic carbocycles. The fraction of sp³-hybridized carbons (Fsp3) is 0.462. The van der Waals surface area contributed by atoms with E-state index in [0.717, 1.165) is 12.8 Å². The van der Waals surface area contributed by atoms with Crippen molar-refractivity contribution in [1.82, 2.24) is 0 Å². The SMILES string of the molecule is COCCCCCS(=O)(=O)c1ccccc1C#N. The molecule has 0 saturated heterocycles. The van der Waals surface area contributed by atoms with Crippen LogP contribution in [0.25, 0.3) is 0 Å². The Hall–Kier alpha value is -1.38. The zero-order valence-electron chi connectivity index (χ0n) is 10.4. The minimum atomic E-state index is -3.35. The monoisotopic (exact) mass is 267 g/mol. The van der Waals surface area contributed by atoms with Crippen LogP contribution in [0.2, 0.25) is 0 Å². The first-order chi connectivity index (χ1) is 8.61. The van der Waals surface area contributed by atoms with Gasteiger partial charge in [0.25, 0.3) is 0 Å². The molecule has 5 heteroatoms. The number of methoxy groups -OCH3 is 1. The molecule has 0 fully saturated rings. The van der Waals surface area contributed by atoms with Crippen molar-refractivity contribution in [1.29, 1.82) is 5.26 Å². The molecule has 1 rings (SSSR count). The van der Waals surface area contributed by atoms with Crippen molar-refractivity contribution in [3.8, 4) is 6.07 Å². The van der Waals surface area contributed by atoms with Gasteiger partial charge in [-0.15, -0.1) is 0 Å². The van der Waals surface area contributed by atoms with E-state index in [0.29, 0.717) is 13.0 Å². The van der Waals surface area contributed by atoms with E-state index in [1.54, 1.807) is 19.2 Å². The lowest BCUT2D eigenvalue weighted by Crippen LogP contribution is -2.09. The molecule has 0 aromatic heterocycles. The number of rotatable bonds is 7. The Morgan fingerprint density at radius 1 is 1.22 bits per heavy atom. The minimum absolute atomic E-state index is 0.0788. The van der Waals surface area contributed by atoms with Crippen molar-refractivity contribution in [3.05, 3.63) is 29.8 Å². The lowest BCUT2D eigenvalue weighted by molar-refractivity contribution is 0.192. The van der Waals surface area contributed by atoms with Crippen LogP contribution in [0.5, 0.6) is 0 Å². The Morgan fingerprint density at radius 3 is 2.61 bits per heavy atom. The number of hydrogen-bond donors (Lipinski definition) is 0. The maximum atomic E-state index is 12.1. The lowest BCUT2D eigenvalue weighted by atomic mass is 10.2. The second-order valence-electron chi connectivity index (χ2n) is 3.98. The second kappa shape index (κ2) is 7.14. The summed E-state index contributed by atoms with van der Waals surface area (Å²) in [5, 5.41) is 8.89. The molecular weight excluding hydrogens is 250 g/mol. The van der Waals surface area contributed by atoms with Crippen molar-refractivity contribution in [2.45, 2.75) is 24.2 Å². The van der Waals surface area contributed by atoms with Gasteiger partial charge in [0.1, 0.15) is 6.07 Å². The van der Waals surface area contributed by atoms with E-state index >= 15 is 0 Å². The fourth-order valence-electron chi connectivity index (χ4n) is 1.66. The fourth-order valence-corrected chi connectivity index (χ4v) is 3.19. The first-order valence-electron chi connectivity index (χ1n) is 5.82. The molecule has 0 atom stereocenters. The summed E-state index contributed by atoms with van der Waals surface area (Å²) in [6.07, 6.45) is 2.25. The average Bonchev–Trinajstić information content (AvgIpc) is 2.38. The molecule has 0 N–H and O–H groups in total. The Labute approximate surface area is 108 Å². The summed E-state index contributed by atoms with van der Waals surface area (Å²) in [6.45, 7) is 0.648. The molecule has 1 aromatic rings. The van der Waals surface area contributed by atoms with Crippen LogP contribution in [0.15, 0.2) is 29.2 Å². The van der Waals surface area contributed by atoms with E-state index < -0.39 is 9.84 Å². The summed E-state index contributed by atoms with van der Waals surface area (Å²) < 4.78 is 29.0. The molecule has 0 bridgehead atoms. The Bertz CT molecular complexity index is 517. The van der Waals surface area contributed by atoms with Gasteiger partial charge < -0.3 is 4.74 Å². The van der Waals surface area contributed by atoms with Crippen LogP contribution in [0.4, 0.5) is 0 Å². The smallest absolute Gasteiger partial charge is 0.179 e. The van der Waals surface area contributed by atoms with E-state index in [4.69, 9.17) is 10.00 Å². The van der Waals surface area contributed by atoms with Gasteiger partial charge in [-0.1, -0.05) is 18.6 Å². The zero-order chi connectivity index (χ0) is 13.4. The quantitative estimate of drug-likeness (QED) is 0.710. The summed E-state index contributed by atoms with van der Waals surface area (Å²) in [5.74, 6) is 0.0788. The summed E-state index contributed by atoms with van der Waals surface area (Å²) in [4.78, 5) is 0.138. The first-order valence-corrected chi connectivity index (χ1v) is 7.48. The number of nitrogens with zero attached hydrogens (tertiary/aromatic N) is 1. The third kappa shape index (κ3) is 4.13. The second-order valence-corrected chi connectivity index (χ2v) is 6.06. The molecule has 0 unspecified atom stereocenters. The number of ether oxygens (including phenoxy) is 1. The van der Waals surface area contributed by atoms with Crippen molar-refractivity contribution in [2.24, 2.45) is 0 Å². The zero-order valence-corrected chi connectivity index (χ0v) is 11.2. The molecule has 0 radical (unpaired) electrons. The van der Waals surface area contributed by atoms with Crippen molar-refractivity contribution >= 4 is 9.84 Å². The highest BCUT2D eigenvalue weighted by Gasteiger charge is 2.17. The predicted octanol–water partition coefficient (Wildman–Crippen LogP) is 2.15. The summed E-state index contributed by atoms with van der Waals surface area (Å²) in [6, 6.07) is 8.23. The first kappa shape index (κ1) is 14.7. The van der Waals surface area contributed by atoms with Gasteiger partial charge >= 0.3 is 0 Å². The van der Waals surface area contributed by atoms with E-state index in [9.17, 15) is 8.42 Å². The normalized spacial score (nSPS) is 11.1. The van der Waals surface area contributed by atoms with Gasteiger partial charge in [0, 0.05) is 13.7 Å². The molecule has 0 aliphatic rings. The van der Waals surface area contributed by atoms with Crippen LogP contribution < -0.4 is 0 Å². The third-order valence-corrected chi connectivity index (χ3v) is 4.46. The van der Waals surface area contributed by atoms with Crippen LogP contribution in [-0.4, -0.2) is 27.9 Å². The number of sulfone groups is 1. The largest absolute Gasteiger partial charge is 0.385 e. The standard InChI is InChI=1S/C13H17NO3S/c1-17-9-5-2-6-10-18(15,16)13-8-4-3-7-12(13)11-14/h3-4,7-8H,2,5-6,9-10H2,1H3. The van der Waals surface area contributed by atoms with Crippen molar-refractivity contribution in [3.63, 3.8) is 0 Å². The van der Waals surface area contributed by atoms with Crippen LogP contribution in [0, 0.1) is 11.3 Å². The van der Waals surface area contributed by atoms with Crippen molar-refractivity contribution < 1.29 is 13.2 Å². The van der Waals surface area contributed by atoms with E-state index in [1.807, 2.05) is 6.07 Å². The van der Waals surface area contributed by atoms with Crippen LogP contribution >= 0.6 is 0 Å².